The van der Waals surface area contributed by atoms with Crippen LogP contribution in [0.4, 0.5) is 0 Å². The van der Waals surface area contributed by atoms with Crippen LogP contribution in [0.5, 0.6) is 0 Å². The van der Waals surface area contributed by atoms with Crippen LogP contribution in [0.1, 0.15) is 32.6 Å². The number of amides is 1. The number of carbonyl (C=O) groups is 1. The molecule has 2 rings (SSSR count). The first-order valence-corrected chi connectivity index (χ1v) is 5.77. The van der Waals surface area contributed by atoms with Crippen molar-refractivity contribution in [2.75, 3.05) is 19.6 Å². The topological polar surface area (TPSA) is 32.3 Å². The molecule has 1 amide bonds. The van der Waals surface area contributed by atoms with Gasteiger partial charge in [0.15, 0.2) is 0 Å². The summed E-state index contributed by atoms with van der Waals surface area (Å²) in [6.45, 7) is 4.69. The molecular weight excluding hydrogens is 176 g/mol. The van der Waals surface area contributed by atoms with Gasteiger partial charge in [0.05, 0.1) is 6.54 Å². The second-order valence-electron chi connectivity index (χ2n) is 4.72. The molecule has 3 heteroatoms. The lowest BCUT2D eigenvalue weighted by Gasteiger charge is -2.28. The molecular formula is C11H20N2O. The molecule has 0 bridgehead atoms. The molecule has 1 saturated carbocycles. The quantitative estimate of drug-likeness (QED) is 0.678. The van der Waals surface area contributed by atoms with Crippen LogP contribution in [0.25, 0.3) is 0 Å². The van der Waals surface area contributed by atoms with Gasteiger partial charge in [-0.25, -0.2) is 0 Å². The average Bonchev–Trinajstić information content (AvgIpc) is 2.61. The molecule has 80 valence electrons. The molecule has 2 fully saturated rings. The van der Waals surface area contributed by atoms with Gasteiger partial charge in [0.2, 0.25) is 5.91 Å². The Morgan fingerprint density at radius 3 is 2.79 bits per heavy atom. The summed E-state index contributed by atoms with van der Waals surface area (Å²) >= 11 is 0. The highest BCUT2D eigenvalue weighted by Crippen LogP contribution is 2.24. The number of nitrogens with one attached hydrogen (secondary N) is 1. The van der Waals surface area contributed by atoms with E-state index in [4.69, 9.17) is 0 Å². The van der Waals surface area contributed by atoms with Crippen LogP contribution in [-0.2, 0) is 4.79 Å². The average molecular weight is 196 g/mol. The normalized spacial score (nSPS) is 30.8. The number of hydrogen-bond acceptors (Lipinski definition) is 2. The van der Waals surface area contributed by atoms with E-state index in [1.165, 1.54) is 25.7 Å². The fraction of sp³-hybridized carbons (Fsp3) is 0.909. The molecule has 0 spiro atoms. The summed E-state index contributed by atoms with van der Waals surface area (Å²) in [6.07, 6.45) is 5.05. The number of nitrogens with zero attached hydrogens (tertiary/aromatic N) is 1. The van der Waals surface area contributed by atoms with E-state index >= 15 is 0 Å². The minimum Gasteiger partial charge on any atom is -0.338 e. The van der Waals surface area contributed by atoms with Gasteiger partial charge in [-0.3, -0.25) is 4.79 Å². The van der Waals surface area contributed by atoms with Gasteiger partial charge in [-0.15, -0.1) is 0 Å². The number of rotatable bonds is 1. The van der Waals surface area contributed by atoms with Crippen molar-refractivity contribution in [2.24, 2.45) is 5.92 Å². The van der Waals surface area contributed by atoms with E-state index in [-0.39, 0.29) is 0 Å². The van der Waals surface area contributed by atoms with Crippen LogP contribution >= 0.6 is 0 Å². The smallest absolute Gasteiger partial charge is 0.236 e. The van der Waals surface area contributed by atoms with E-state index in [0.29, 0.717) is 24.4 Å². The summed E-state index contributed by atoms with van der Waals surface area (Å²) in [6, 6.07) is 0.546. The van der Waals surface area contributed by atoms with Crippen molar-refractivity contribution in [1.29, 1.82) is 0 Å². The van der Waals surface area contributed by atoms with E-state index in [1.807, 2.05) is 0 Å². The molecule has 2 aliphatic rings. The van der Waals surface area contributed by atoms with Crippen LogP contribution < -0.4 is 5.32 Å². The Balaban J connectivity index is 2.01. The Morgan fingerprint density at radius 2 is 2.07 bits per heavy atom. The summed E-state index contributed by atoms with van der Waals surface area (Å²) < 4.78 is 0. The van der Waals surface area contributed by atoms with E-state index in [1.54, 1.807) is 0 Å². The summed E-state index contributed by atoms with van der Waals surface area (Å²) in [4.78, 5) is 13.9. The summed E-state index contributed by atoms with van der Waals surface area (Å²) in [5, 5.41) is 3.21. The molecule has 1 N–H and O–H groups in total. The second-order valence-corrected chi connectivity index (χ2v) is 4.72. The highest BCUT2D eigenvalue weighted by atomic mass is 16.2. The van der Waals surface area contributed by atoms with Gasteiger partial charge < -0.3 is 10.2 Å². The Hall–Kier alpha value is -0.570. The Bertz CT molecular complexity index is 211. The molecule has 0 aromatic carbocycles. The van der Waals surface area contributed by atoms with Gasteiger partial charge in [0.1, 0.15) is 0 Å². The maximum absolute atomic E-state index is 11.8. The Kier molecular flexibility index (Phi) is 3.06. The molecule has 14 heavy (non-hydrogen) atoms. The van der Waals surface area contributed by atoms with Crippen LogP contribution in [0.2, 0.25) is 0 Å². The van der Waals surface area contributed by atoms with Crippen LogP contribution in [-0.4, -0.2) is 36.5 Å². The van der Waals surface area contributed by atoms with Crippen molar-refractivity contribution in [3.05, 3.63) is 0 Å². The van der Waals surface area contributed by atoms with E-state index < -0.39 is 0 Å². The van der Waals surface area contributed by atoms with Gasteiger partial charge in [-0.1, -0.05) is 19.8 Å². The van der Waals surface area contributed by atoms with E-state index in [9.17, 15) is 4.79 Å². The maximum atomic E-state index is 11.8. The van der Waals surface area contributed by atoms with Crippen molar-refractivity contribution in [2.45, 2.75) is 38.6 Å². The molecule has 3 nitrogen and oxygen atoms in total. The fourth-order valence-electron chi connectivity index (χ4n) is 2.60. The maximum Gasteiger partial charge on any atom is 0.236 e. The van der Waals surface area contributed by atoms with Gasteiger partial charge in [0.25, 0.3) is 0 Å². The van der Waals surface area contributed by atoms with Crippen LogP contribution in [0.15, 0.2) is 0 Å². The molecule has 1 unspecified atom stereocenters. The van der Waals surface area contributed by atoms with Crippen molar-refractivity contribution in [3.63, 3.8) is 0 Å². The second kappa shape index (κ2) is 4.30. The van der Waals surface area contributed by atoms with Crippen LogP contribution in [0, 0.1) is 5.92 Å². The lowest BCUT2D eigenvalue weighted by molar-refractivity contribution is -0.132. The number of hydrogen-bond donors (Lipinski definition) is 1. The first kappa shape index (κ1) is 9.97. The third-order valence-electron chi connectivity index (χ3n) is 3.36. The number of carbonyl (C=O) groups excluding carboxylic acids is 1. The largest absolute Gasteiger partial charge is 0.338 e. The summed E-state index contributed by atoms with van der Waals surface area (Å²) in [5.41, 5.74) is 0. The minimum atomic E-state index is 0.307. The van der Waals surface area contributed by atoms with Crippen molar-refractivity contribution in [1.82, 2.24) is 10.2 Å². The predicted molar refractivity (Wildman–Crippen MR) is 56.0 cm³/mol. The SMILES string of the molecule is CC1CNCC(=O)N(C2CCCC2)C1. The van der Waals surface area contributed by atoms with Gasteiger partial charge in [0, 0.05) is 12.6 Å². The van der Waals surface area contributed by atoms with Gasteiger partial charge >= 0.3 is 0 Å². The first-order chi connectivity index (χ1) is 6.77. The van der Waals surface area contributed by atoms with Gasteiger partial charge in [-0.05, 0) is 25.3 Å². The molecule has 0 aromatic heterocycles. The molecule has 1 aliphatic carbocycles. The van der Waals surface area contributed by atoms with E-state index in [0.717, 1.165) is 13.1 Å². The van der Waals surface area contributed by atoms with E-state index in [2.05, 4.69) is 17.1 Å². The molecule has 0 radical (unpaired) electrons. The summed E-state index contributed by atoms with van der Waals surface area (Å²) in [7, 11) is 0. The highest BCUT2D eigenvalue weighted by molar-refractivity contribution is 5.78. The lowest BCUT2D eigenvalue weighted by Crippen LogP contribution is -2.42. The van der Waals surface area contributed by atoms with Crippen LogP contribution in [0.3, 0.4) is 0 Å². The Labute approximate surface area is 85.8 Å². The zero-order chi connectivity index (χ0) is 9.97. The third kappa shape index (κ3) is 2.08. The molecule has 0 aromatic rings. The zero-order valence-electron chi connectivity index (χ0n) is 8.96. The third-order valence-corrected chi connectivity index (χ3v) is 3.36. The standard InChI is InChI=1S/C11H20N2O/c1-9-6-12-7-11(14)13(8-9)10-4-2-3-5-10/h9-10,12H,2-8H2,1H3. The lowest BCUT2D eigenvalue weighted by atomic mass is 10.1. The molecule has 1 aliphatic heterocycles. The monoisotopic (exact) mass is 196 g/mol. The van der Waals surface area contributed by atoms with Crippen molar-refractivity contribution >= 4 is 5.91 Å². The fourth-order valence-corrected chi connectivity index (χ4v) is 2.60. The van der Waals surface area contributed by atoms with Gasteiger partial charge in [-0.2, -0.15) is 0 Å². The molecule has 1 atom stereocenters. The minimum absolute atomic E-state index is 0.307. The molecule has 1 saturated heterocycles. The summed E-state index contributed by atoms with van der Waals surface area (Å²) in [5.74, 6) is 0.906. The molecule has 1 heterocycles. The zero-order valence-corrected chi connectivity index (χ0v) is 8.96. The van der Waals surface area contributed by atoms with Crippen molar-refractivity contribution in [3.8, 4) is 0 Å². The predicted octanol–water partition coefficient (Wildman–Crippen LogP) is 0.997. The van der Waals surface area contributed by atoms with Crippen molar-refractivity contribution < 1.29 is 4.79 Å². The first-order valence-electron chi connectivity index (χ1n) is 5.77. The Morgan fingerprint density at radius 1 is 1.36 bits per heavy atom. The highest BCUT2D eigenvalue weighted by Gasteiger charge is 2.29.